The van der Waals surface area contributed by atoms with Gasteiger partial charge in [-0.05, 0) is 36.6 Å². The Balaban J connectivity index is 1.67. The maximum absolute atomic E-state index is 5.03. The third kappa shape index (κ3) is 4.04. The summed E-state index contributed by atoms with van der Waals surface area (Å²) in [5.41, 5.74) is 3.50. The van der Waals surface area contributed by atoms with E-state index in [1.165, 1.54) is 21.9 Å². The lowest BCUT2D eigenvalue weighted by molar-refractivity contribution is 0.271. The van der Waals surface area contributed by atoms with Gasteiger partial charge in [-0.1, -0.05) is 67.1 Å². The van der Waals surface area contributed by atoms with Crippen LogP contribution in [0, 0.1) is 6.92 Å². The van der Waals surface area contributed by atoms with Gasteiger partial charge in [-0.2, -0.15) is 0 Å². The molecule has 0 bridgehead atoms. The van der Waals surface area contributed by atoms with Gasteiger partial charge in [0.15, 0.2) is 0 Å². The van der Waals surface area contributed by atoms with Crippen molar-refractivity contribution in [1.82, 2.24) is 9.88 Å². The summed E-state index contributed by atoms with van der Waals surface area (Å²) in [5.74, 6) is 1.12. The Kier molecular flexibility index (Phi) is 5.21. The van der Waals surface area contributed by atoms with Crippen LogP contribution in [0.3, 0.4) is 0 Å². The van der Waals surface area contributed by atoms with Crippen LogP contribution >= 0.6 is 0 Å². The van der Waals surface area contributed by atoms with E-state index in [1.807, 2.05) is 0 Å². The van der Waals surface area contributed by atoms with Crippen molar-refractivity contribution in [3.63, 3.8) is 0 Å². The number of benzene rings is 2. The molecule has 0 radical (unpaired) electrons. The number of hydrogen-bond donors (Lipinski definition) is 0. The molecule has 1 aromatic heterocycles. The van der Waals surface area contributed by atoms with E-state index in [-0.39, 0.29) is 0 Å². The highest BCUT2D eigenvalue weighted by Crippen LogP contribution is 2.27. The van der Waals surface area contributed by atoms with E-state index in [4.69, 9.17) is 4.98 Å². The number of nitrogens with zero attached hydrogens (tertiary/aromatic N) is 3. The third-order valence-corrected chi connectivity index (χ3v) is 5.38. The highest BCUT2D eigenvalue weighted by molar-refractivity contribution is 5.94. The molecule has 3 aromatic rings. The van der Waals surface area contributed by atoms with Crippen LogP contribution in [0.4, 0.5) is 5.82 Å². The van der Waals surface area contributed by atoms with E-state index in [0.29, 0.717) is 0 Å². The third-order valence-electron chi connectivity index (χ3n) is 5.38. The Bertz CT molecular complexity index is 936. The van der Waals surface area contributed by atoms with E-state index in [2.05, 4.69) is 90.4 Å². The zero-order valence-corrected chi connectivity index (χ0v) is 16.2. The van der Waals surface area contributed by atoms with Gasteiger partial charge in [0.1, 0.15) is 5.82 Å². The van der Waals surface area contributed by atoms with Gasteiger partial charge in [0, 0.05) is 31.6 Å². The lowest BCUT2D eigenvalue weighted by Crippen LogP contribution is -2.46. The van der Waals surface area contributed by atoms with Crippen molar-refractivity contribution >= 4 is 28.7 Å². The number of rotatable bonds is 4. The molecular formula is C24H27N3. The summed E-state index contributed by atoms with van der Waals surface area (Å²) in [4.78, 5) is 9.97. The van der Waals surface area contributed by atoms with E-state index < -0.39 is 0 Å². The van der Waals surface area contributed by atoms with Gasteiger partial charge >= 0.3 is 0 Å². The number of hydrogen-bond acceptors (Lipinski definition) is 3. The molecule has 1 saturated heterocycles. The molecule has 0 spiro atoms. The van der Waals surface area contributed by atoms with Crippen molar-refractivity contribution in [2.24, 2.45) is 0 Å². The van der Waals surface area contributed by atoms with Crippen LogP contribution in [0.2, 0.25) is 0 Å². The Morgan fingerprint density at radius 1 is 0.926 bits per heavy atom. The molecule has 4 rings (SSSR count). The summed E-state index contributed by atoms with van der Waals surface area (Å²) >= 11 is 0. The second-order valence-corrected chi connectivity index (χ2v) is 7.26. The molecule has 1 aliphatic rings. The Hall–Kier alpha value is -2.65. The fraction of sp³-hybridized carbons (Fsp3) is 0.292. The fourth-order valence-electron chi connectivity index (χ4n) is 3.66. The summed E-state index contributed by atoms with van der Waals surface area (Å²) < 4.78 is 0. The molecule has 1 aliphatic heterocycles. The smallest absolute Gasteiger partial charge is 0.137 e. The number of likely N-dealkylation sites (N-methyl/N-ethyl adjacent to an activating group) is 1. The quantitative estimate of drug-likeness (QED) is 0.665. The zero-order chi connectivity index (χ0) is 18.6. The zero-order valence-electron chi connectivity index (χ0n) is 16.2. The first kappa shape index (κ1) is 17.7. The minimum absolute atomic E-state index is 1.02. The molecule has 0 aliphatic carbocycles. The lowest BCUT2D eigenvalue weighted by Gasteiger charge is -2.35. The van der Waals surface area contributed by atoms with E-state index in [1.54, 1.807) is 0 Å². The Morgan fingerprint density at radius 3 is 2.41 bits per heavy atom. The first-order chi connectivity index (χ1) is 13.2. The van der Waals surface area contributed by atoms with Crippen LogP contribution in [0.1, 0.15) is 23.7 Å². The van der Waals surface area contributed by atoms with Gasteiger partial charge in [0.05, 0.1) is 5.69 Å². The van der Waals surface area contributed by atoms with Crippen LogP contribution in [-0.4, -0.2) is 42.6 Å². The lowest BCUT2D eigenvalue weighted by atomic mass is 10.1. The predicted molar refractivity (Wildman–Crippen MR) is 116 cm³/mol. The number of piperazine rings is 1. The molecule has 0 N–H and O–H groups in total. The van der Waals surface area contributed by atoms with Gasteiger partial charge in [-0.3, -0.25) is 0 Å². The molecule has 0 saturated carbocycles. The molecule has 3 heteroatoms. The van der Waals surface area contributed by atoms with Crippen molar-refractivity contribution < 1.29 is 0 Å². The van der Waals surface area contributed by atoms with Crippen LogP contribution < -0.4 is 4.90 Å². The summed E-state index contributed by atoms with van der Waals surface area (Å²) in [6, 6.07) is 19.4. The number of anilines is 1. The molecule has 0 amide bonds. The van der Waals surface area contributed by atoms with Crippen LogP contribution in [0.5, 0.6) is 0 Å². The summed E-state index contributed by atoms with van der Waals surface area (Å²) in [6.45, 7) is 9.77. The first-order valence-electron chi connectivity index (χ1n) is 9.85. The predicted octanol–water partition coefficient (Wildman–Crippen LogP) is 4.86. The Morgan fingerprint density at radius 2 is 1.67 bits per heavy atom. The molecule has 3 nitrogen and oxygen atoms in total. The first-order valence-corrected chi connectivity index (χ1v) is 9.85. The van der Waals surface area contributed by atoms with Gasteiger partial charge < -0.3 is 9.80 Å². The number of fused-ring (bicyclic) bond motifs is 1. The molecular weight excluding hydrogens is 330 g/mol. The number of aromatic nitrogens is 1. The summed E-state index contributed by atoms with van der Waals surface area (Å²) in [6.07, 6.45) is 4.28. The van der Waals surface area contributed by atoms with Crippen molar-refractivity contribution in [3.05, 3.63) is 71.4 Å². The average molecular weight is 358 g/mol. The monoisotopic (exact) mass is 357 g/mol. The van der Waals surface area contributed by atoms with Crippen LogP contribution in [0.25, 0.3) is 22.9 Å². The highest BCUT2D eigenvalue weighted by Gasteiger charge is 2.19. The largest absolute Gasteiger partial charge is 0.354 e. The van der Waals surface area contributed by atoms with Crippen LogP contribution in [0.15, 0.2) is 54.6 Å². The molecule has 0 atom stereocenters. The molecule has 2 heterocycles. The normalized spacial score (nSPS) is 15.7. The molecule has 1 fully saturated rings. The highest BCUT2D eigenvalue weighted by atomic mass is 15.3. The fourth-order valence-corrected chi connectivity index (χ4v) is 3.66. The van der Waals surface area contributed by atoms with E-state index in [0.717, 1.165) is 44.2 Å². The van der Waals surface area contributed by atoms with Gasteiger partial charge in [-0.15, -0.1) is 0 Å². The minimum atomic E-state index is 1.02. The van der Waals surface area contributed by atoms with E-state index in [9.17, 15) is 0 Å². The maximum atomic E-state index is 5.03. The van der Waals surface area contributed by atoms with Crippen molar-refractivity contribution in [3.8, 4) is 0 Å². The maximum Gasteiger partial charge on any atom is 0.137 e. The number of aryl methyl sites for hydroxylation is 1. The second-order valence-electron chi connectivity index (χ2n) is 7.26. The van der Waals surface area contributed by atoms with Gasteiger partial charge in [0.2, 0.25) is 0 Å². The molecule has 0 unspecified atom stereocenters. The van der Waals surface area contributed by atoms with Crippen molar-refractivity contribution in [2.75, 3.05) is 37.6 Å². The molecule has 27 heavy (non-hydrogen) atoms. The standard InChI is InChI=1S/C24H27N3/c1-3-26-14-16-27(17-15-26)24-23-7-5-4-6-21(23)18-22(25-24)13-12-20-10-8-19(2)9-11-20/h4-13,18H,3,14-17H2,1-2H3/b13-12-. The average Bonchev–Trinajstić information content (AvgIpc) is 2.73. The van der Waals surface area contributed by atoms with Gasteiger partial charge in [-0.25, -0.2) is 4.98 Å². The summed E-state index contributed by atoms with van der Waals surface area (Å²) in [7, 11) is 0. The molecule has 2 aromatic carbocycles. The second kappa shape index (κ2) is 7.93. The SMILES string of the molecule is CCN1CCN(c2nc(/C=C\c3ccc(C)cc3)cc3ccccc23)CC1. The summed E-state index contributed by atoms with van der Waals surface area (Å²) in [5, 5.41) is 2.50. The van der Waals surface area contributed by atoms with Crippen molar-refractivity contribution in [2.45, 2.75) is 13.8 Å². The van der Waals surface area contributed by atoms with Gasteiger partial charge in [0.25, 0.3) is 0 Å². The molecule has 138 valence electrons. The number of pyridine rings is 1. The minimum Gasteiger partial charge on any atom is -0.354 e. The van der Waals surface area contributed by atoms with Crippen molar-refractivity contribution in [1.29, 1.82) is 0 Å². The topological polar surface area (TPSA) is 19.4 Å². The Labute approximate surface area is 161 Å². The van der Waals surface area contributed by atoms with Crippen LogP contribution in [-0.2, 0) is 0 Å². The van der Waals surface area contributed by atoms with E-state index >= 15 is 0 Å².